The molecule has 79 heavy (non-hydrogen) atoms. The molecule has 0 saturated carbocycles. The highest BCUT2D eigenvalue weighted by atomic mass is 35.5. The first-order chi connectivity index (χ1) is 37.6. The fourth-order valence-corrected chi connectivity index (χ4v) is 8.70. The molecule has 0 spiro atoms. The summed E-state index contributed by atoms with van der Waals surface area (Å²) < 4.78 is 0. The van der Waals surface area contributed by atoms with E-state index in [4.69, 9.17) is 51.7 Å². The molecule has 4 rings (SSSR count). The second kappa shape index (κ2) is 32.1. The molecule has 1 aliphatic heterocycles. The molecule has 1 saturated heterocycles. The molecule has 0 aliphatic carbocycles. The van der Waals surface area contributed by atoms with Crippen LogP contribution in [0, 0.1) is 0 Å². The zero-order valence-corrected chi connectivity index (χ0v) is 44.7. The van der Waals surface area contributed by atoms with Crippen LogP contribution in [0.2, 0.25) is 5.02 Å². The number of aliphatic imine (C=N–C) groups is 3. The van der Waals surface area contributed by atoms with Gasteiger partial charge in [0.25, 0.3) is 0 Å². The van der Waals surface area contributed by atoms with Crippen molar-refractivity contribution < 1.29 is 43.2 Å². The smallest absolute Gasteiger partial charge is 0.243 e. The molecular formula is C50H74ClN19O9. The van der Waals surface area contributed by atoms with Crippen molar-refractivity contribution in [3.8, 4) is 0 Å². The van der Waals surface area contributed by atoms with Crippen molar-refractivity contribution in [3.63, 3.8) is 0 Å². The van der Waals surface area contributed by atoms with Gasteiger partial charge in [-0.2, -0.15) is 0 Å². The molecule has 28 nitrogen and oxygen atoms in total. The minimum atomic E-state index is -1.52. The normalized spacial score (nSPS) is 20.5. The predicted octanol–water partition coefficient (Wildman–Crippen LogP) is -3.64. The Kier molecular flexibility index (Phi) is 25.6. The minimum absolute atomic E-state index is 0.00313. The van der Waals surface area contributed by atoms with E-state index in [0.29, 0.717) is 16.1 Å². The van der Waals surface area contributed by atoms with E-state index < -0.39 is 95.5 Å². The third-order valence-corrected chi connectivity index (χ3v) is 12.7. The van der Waals surface area contributed by atoms with E-state index >= 15 is 0 Å². The maximum Gasteiger partial charge on any atom is 0.243 e. The highest BCUT2D eigenvalue weighted by molar-refractivity contribution is 6.30. The highest BCUT2D eigenvalue weighted by Crippen LogP contribution is 2.20. The van der Waals surface area contributed by atoms with Crippen molar-refractivity contribution in [2.45, 2.75) is 126 Å². The van der Waals surface area contributed by atoms with Crippen LogP contribution in [0.3, 0.4) is 0 Å². The zero-order valence-electron chi connectivity index (χ0n) is 44.0. The zero-order chi connectivity index (χ0) is 58.0. The lowest BCUT2D eigenvalue weighted by Crippen LogP contribution is -2.60. The minimum Gasteiger partial charge on any atom is -0.370 e. The predicted molar refractivity (Wildman–Crippen MR) is 297 cm³/mol. The maximum atomic E-state index is 14.8. The molecule has 2 aromatic carbocycles. The Morgan fingerprint density at radius 3 is 1.82 bits per heavy atom. The Hall–Kier alpha value is -8.69. The van der Waals surface area contributed by atoms with Crippen molar-refractivity contribution in [1.82, 2.24) is 47.5 Å². The van der Waals surface area contributed by atoms with Crippen LogP contribution in [0.25, 0.3) is 10.9 Å². The summed E-state index contributed by atoms with van der Waals surface area (Å²) in [5.41, 5.74) is 40.8. The summed E-state index contributed by atoms with van der Waals surface area (Å²) in [6.45, 7) is 1.29. The summed E-state index contributed by atoms with van der Waals surface area (Å²) >= 11 is 6.36. The molecule has 23 N–H and O–H groups in total. The van der Waals surface area contributed by atoms with Gasteiger partial charge in [-0.1, -0.05) is 41.9 Å². The molecule has 0 radical (unpaired) electrons. The number of H-pyrrole nitrogens is 1. The maximum absolute atomic E-state index is 14.8. The molecule has 9 amide bonds. The number of hydrogen-bond acceptors (Lipinski definition) is 12. The number of para-hydroxylation sites is 1. The van der Waals surface area contributed by atoms with Crippen LogP contribution in [0.5, 0.6) is 0 Å². The van der Waals surface area contributed by atoms with Crippen LogP contribution in [0.4, 0.5) is 0 Å². The van der Waals surface area contributed by atoms with Gasteiger partial charge in [0.05, 0.1) is 0 Å². The summed E-state index contributed by atoms with van der Waals surface area (Å²) in [4.78, 5) is 140. The standard InChI is InChI=1S/C50H74ClN19O9/c1-27(71)64-34(14-6-20-60-48(53)54)42(74)68-37-17-18-40(72)59-19-5-13-33(41(52)73)65-47(79)39(25-29-26-63-32-12-3-2-11-31(29)32)70-44(76)36(16-8-22-62-50(57)58)67-46(78)38(24-28-9-4-10-30(51)23-28)69-43(75)35(66-45(37)77)15-7-21-61-49(55)56/h2-4,9-12,23,26,33-39,63H,5-8,13-22,24-25H2,1H3,(H2,52,73)(H,59,72)(H,64,71)(H,65,79)(H,66,77)(H,67,78)(H,68,74)(H,69,75)(H,70,76)(H4,53,54,60)(H4,55,56,61)(H4,57,58,62)/t33-,34-,35-,36-,37-,38+,39?/m0/s1. The van der Waals surface area contributed by atoms with Crippen LogP contribution >= 0.6 is 11.6 Å². The monoisotopic (exact) mass is 1120 g/mol. The van der Waals surface area contributed by atoms with Crippen LogP contribution in [-0.2, 0) is 56.0 Å². The number of hydrogen-bond donors (Lipinski definition) is 16. The van der Waals surface area contributed by atoms with Gasteiger partial charge in [0, 0.05) is 74.5 Å². The van der Waals surface area contributed by atoms with Gasteiger partial charge in [-0.05, 0) is 87.1 Å². The SMILES string of the molecule is CC(=O)N[C@@H](CCCN=C(N)N)C(=O)N[C@H]1CCC(=O)NCCC[C@@H](C(N)=O)NC(=O)C(Cc2c[nH]c3ccccc23)NC(=O)[C@H](CCCN=C(N)N)NC(=O)[C@@H](Cc2cccc(Cl)c2)NC(=O)[C@H](CCCN=C(N)N)NC1=O. The van der Waals surface area contributed by atoms with Gasteiger partial charge < -0.3 is 87.7 Å². The van der Waals surface area contributed by atoms with Gasteiger partial charge in [0.2, 0.25) is 53.2 Å². The average Bonchev–Trinajstić information content (AvgIpc) is 3.81. The van der Waals surface area contributed by atoms with Crippen molar-refractivity contribution in [2.75, 3.05) is 26.2 Å². The molecule has 7 atom stereocenters. The lowest BCUT2D eigenvalue weighted by molar-refractivity contribution is -0.136. The van der Waals surface area contributed by atoms with Crippen LogP contribution < -0.4 is 82.7 Å². The van der Waals surface area contributed by atoms with Crippen LogP contribution in [-0.4, -0.2) is 144 Å². The molecule has 430 valence electrons. The van der Waals surface area contributed by atoms with Gasteiger partial charge in [-0.15, -0.1) is 0 Å². The number of amides is 9. The lowest BCUT2D eigenvalue weighted by Gasteiger charge is -2.28. The quantitative estimate of drug-likeness (QED) is 0.0295. The van der Waals surface area contributed by atoms with Gasteiger partial charge in [-0.25, -0.2) is 0 Å². The van der Waals surface area contributed by atoms with E-state index in [0.717, 1.165) is 10.9 Å². The number of rotatable bonds is 20. The fourth-order valence-electron chi connectivity index (χ4n) is 8.49. The van der Waals surface area contributed by atoms with E-state index in [1.54, 1.807) is 36.5 Å². The molecule has 1 fully saturated rings. The Morgan fingerprint density at radius 2 is 1.23 bits per heavy atom. The number of benzene rings is 2. The largest absolute Gasteiger partial charge is 0.370 e. The molecule has 1 aromatic heterocycles. The third-order valence-electron chi connectivity index (χ3n) is 12.4. The van der Waals surface area contributed by atoms with E-state index in [9.17, 15) is 43.2 Å². The number of aromatic nitrogens is 1. The van der Waals surface area contributed by atoms with Crippen LogP contribution in [0.15, 0.2) is 69.7 Å². The molecular weight excluding hydrogens is 1050 g/mol. The molecule has 29 heteroatoms. The van der Waals surface area contributed by atoms with Gasteiger partial charge in [0.1, 0.15) is 42.3 Å². The van der Waals surface area contributed by atoms with Gasteiger partial charge in [-0.3, -0.25) is 58.1 Å². The van der Waals surface area contributed by atoms with Crippen molar-refractivity contribution >= 4 is 93.5 Å². The fraction of sp³-hybridized carbons (Fsp3) is 0.480. The summed E-state index contributed by atoms with van der Waals surface area (Å²) in [6.07, 6.45) is 0.955. The highest BCUT2D eigenvalue weighted by Gasteiger charge is 2.35. The number of carbonyl (C=O) groups is 9. The van der Waals surface area contributed by atoms with Crippen LogP contribution in [0.1, 0.15) is 82.3 Å². The number of nitrogens with zero attached hydrogens (tertiary/aromatic N) is 3. The molecule has 0 bridgehead atoms. The van der Waals surface area contributed by atoms with E-state index in [1.165, 1.54) is 6.92 Å². The van der Waals surface area contributed by atoms with Crippen molar-refractivity contribution in [2.24, 2.45) is 55.1 Å². The first-order valence-electron chi connectivity index (χ1n) is 25.7. The van der Waals surface area contributed by atoms with Gasteiger partial charge >= 0.3 is 0 Å². The van der Waals surface area contributed by atoms with Crippen molar-refractivity contribution in [1.29, 1.82) is 0 Å². The number of aromatic amines is 1. The van der Waals surface area contributed by atoms with E-state index in [2.05, 4.69) is 62.5 Å². The number of halogens is 1. The number of carbonyl (C=O) groups excluding carboxylic acids is 9. The van der Waals surface area contributed by atoms with Gasteiger partial charge in [0.15, 0.2) is 17.9 Å². The Morgan fingerprint density at radius 1 is 0.671 bits per heavy atom. The average molecular weight is 1120 g/mol. The number of guanidine groups is 3. The Bertz CT molecular complexity index is 2700. The molecule has 1 unspecified atom stereocenters. The topological polar surface area (TPSA) is 485 Å². The lowest BCUT2D eigenvalue weighted by atomic mass is 10.0. The Balaban J connectivity index is 1.82. The molecule has 2 heterocycles. The summed E-state index contributed by atoms with van der Waals surface area (Å²) in [7, 11) is 0. The first-order valence-corrected chi connectivity index (χ1v) is 26.1. The second-order valence-corrected chi connectivity index (χ2v) is 19.2. The molecule has 1 aliphatic rings. The third kappa shape index (κ3) is 22.4. The first kappa shape index (κ1) is 62.8. The number of nitrogens with two attached hydrogens (primary N) is 7. The summed E-state index contributed by atoms with van der Waals surface area (Å²) in [6, 6.07) is 3.95. The number of fused-ring (bicyclic) bond motifs is 1. The second-order valence-electron chi connectivity index (χ2n) is 18.8. The van der Waals surface area contributed by atoms with E-state index in [-0.39, 0.29) is 121 Å². The number of nitrogens with one attached hydrogen (secondary N) is 9. The number of primary amides is 1. The molecule has 3 aromatic rings. The van der Waals surface area contributed by atoms with Crippen molar-refractivity contribution in [3.05, 3.63) is 70.9 Å². The summed E-state index contributed by atoms with van der Waals surface area (Å²) in [5.74, 6) is -7.89. The summed E-state index contributed by atoms with van der Waals surface area (Å²) in [5, 5.41) is 22.4. The van der Waals surface area contributed by atoms with E-state index in [1.807, 2.05) is 18.2 Å². The Labute approximate surface area is 461 Å².